The molecule has 1 fully saturated rings. The van der Waals surface area contributed by atoms with Crippen LogP contribution >= 0.6 is 11.6 Å². The minimum atomic E-state index is -0.622. The molecule has 1 aliphatic rings. The van der Waals surface area contributed by atoms with Crippen LogP contribution in [0, 0.1) is 0 Å². The molecule has 1 saturated carbocycles. The molecule has 0 bridgehead atoms. The van der Waals surface area contributed by atoms with Gasteiger partial charge in [0.15, 0.2) is 0 Å². The first-order valence-electron chi connectivity index (χ1n) is 5.95. The maximum absolute atomic E-state index is 11.8. The van der Waals surface area contributed by atoms with Gasteiger partial charge in [0.1, 0.15) is 6.54 Å². The van der Waals surface area contributed by atoms with Gasteiger partial charge in [0.05, 0.1) is 12.6 Å². The van der Waals surface area contributed by atoms with Crippen LogP contribution in [0.25, 0.3) is 0 Å². The molecule has 0 aromatic heterocycles. The number of rotatable bonds is 4. The fraction of sp³-hybridized carbons (Fsp3) is 0.385. The Morgan fingerprint density at radius 2 is 2.16 bits per heavy atom. The first-order chi connectivity index (χ1) is 9.05. The number of carbonyl (C=O) groups excluding carboxylic acids is 2. The van der Waals surface area contributed by atoms with Gasteiger partial charge >= 0.3 is 6.09 Å². The highest BCUT2D eigenvalue weighted by molar-refractivity contribution is 6.30. The first-order valence-corrected chi connectivity index (χ1v) is 6.32. The third kappa shape index (κ3) is 3.38. The largest absolute Gasteiger partial charge is 0.453 e. The quantitative estimate of drug-likeness (QED) is 0.885. The lowest BCUT2D eigenvalue weighted by Crippen LogP contribution is -2.42. The lowest BCUT2D eigenvalue weighted by atomic mass is 10.1. The minimum Gasteiger partial charge on any atom is -0.453 e. The highest BCUT2D eigenvalue weighted by atomic mass is 35.5. The summed E-state index contributed by atoms with van der Waals surface area (Å²) >= 11 is 5.95. The van der Waals surface area contributed by atoms with E-state index in [1.807, 2.05) is 18.2 Å². The zero-order valence-corrected chi connectivity index (χ0v) is 11.3. The van der Waals surface area contributed by atoms with Gasteiger partial charge in [0.2, 0.25) is 5.91 Å². The Hall–Kier alpha value is -1.75. The molecule has 0 radical (unpaired) electrons. The summed E-state index contributed by atoms with van der Waals surface area (Å²) in [6, 6.07) is 7.44. The Balaban J connectivity index is 1.95. The molecular formula is C13H15ClN2O3. The van der Waals surface area contributed by atoms with Crippen molar-refractivity contribution in [3.8, 4) is 0 Å². The second kappa shape index (κ2) is 5.48. The number of alkyl carbamates (subject to hydrolysis) is 1. The molecule has 0 saturated heterocycles. The average molecular weight is 283 g/mol. The topological polar surface area (TPSA) is 67.4 Å². The highest BCUT2D eigenvalue weighted by Gasteiger charge is 2.45. The Morgan fingerprint density at radius 1 is 1.42 bits per heavy atom. The molecule has 1 aliphatic carbocycles. The van der Waals surface area contributed by atoms with E-state index in [1.165, 1.54) is 7.11 Å². The van der Waals surface area contributed by atoms with Crippen LogP contribution in [0.5, 0.6) is 0 Å². The number of ether oxygens (including phenoxy) is 1. The molecule has 0 spiro atoms. The molecule has 102 valence electrons. The molecule has 0 unspecified atom stereocenters. The van der Waals surface area contributed by atoms with Crippen LogP contribution in [-0.4, -0.2) is 25.7 Å². The number of halogens is 1. The summed E-state index contributed by atoms with van der Waals surface area (Å²) in [5, 5.41) is 5.91. The van der Waals surface area contributed by atoms with Crippen molar-refractivity contribution in [1.82, 2.24) is 10.6 Å². The number of nitrogens with one attached hydrogen (secondary N) is 2. The summed E-state index contributed by atoms with van der Waals surface area (Å²) in [7, 11) is 1.25. The van der Waals surface area contributed by atoms with E-state index in [0.29, 0.717) is 5.02 Å². The summed E-state index contributed by atoms with van der Waals surface area (Å²) in [5.41, 5.74) is 0.659. The first kappa shape index (κ1) is 13.7. The van der Waals surface area contributed by atoms with E-state index in [1.54, 1.807) is 6.07 Å². The SMILES string of the molecule is COC(=O)NCC(=O)NC1(c2cccc(Cl)c2)CC1. The maximum Gasteiger partial charge on any atom is 0.407 e. The molecule has 2 rings (SSSR count). The van der Waals surface area contributed by atoms with E-state index in [4.69, 9.17) is 11.6 Å². The number of amides is 2. The predicted molar refractivity (Wildman–Crippen MR) is 70.9 cm³/mol. The van der Waals surface area contributed by atoms with Crippen molar-refractivity contribution >= 4 is 23.6 Å². The van der Waals surface area contributed by atoms with Crippen molar-refractivity contribution in [1.29, 1.82) is 0 Å². The normalized spacial score (nSPS) is 15.5. The highest BCUT2D eigenvalue weighted by Crippen LogP contribution is 2.45. The van der Waals surface area contributed by atoms with Gasteiger partial charge in [-0.05, 0) is 30.5 Å². The van der Waals surface area contributed by atoms with E-state index in [-0.39, 0.29) is 18.0 Å². The molecule has 2 amide bonds. The molecule has 19 heavy (non-hydrogen) atoms. The maximum atomic E-state index is 11.8. The Bertz CT molecular complexity index is 500. The van der Waals surface area contributed by atoms with Gasteiger partial charge in [-0.1, -0.05) is 23.7 Å². The zero-order valence-electron chi connectivity index (χ0n) is 10.5. The van der Waals surface area contributed by atoms with Crippen molar-refractivity contribution in [3.63, 3.8) is 0 Å². The van der Waals surface area contributed by atoms with Gasteiger partial charge in [-0.2, -0.15) is 0 Å². The fourth-order valence-corrected chi connectivity index (χ4v) is 2.12. The molecule has 0 aliphatic heterocycles. The summed E-state index contributed by atoms with van der Waals surface area (Å²) in [6.07, 6.45) is 1.12. The van der Waals surface area contributed by atoms with E-state index in [2.05, 4.69) is 15.4 Å². The van der Waals surface area contributed by atoms with Crippen molar-refractivity contribution in [3.05, 3.63) is 34.9 Å². The van der Waals surface area contributed by atoms with Crippen molar-refractivity contribution < 1.29 is 14.3 Å². The van der Waals surface area contributed by atoms with Gasteiger partial charge < -0.3 is 15.4 Å². The van der Waals surface area contributed by atoms with Crippen LogP contribution in [0.1, 0.15) is 18.4 Å². The smallest absolute Gasteiger partial charge is 0.407 e. The van der Waals surface area contributed by atoms with Crippen LogP contribution < -0.4 is 10.6 Å². The molecule has 2 N–H and O–H groups in total. The average Bonchev–Trinajstić information content (AvgIpc) is 3.17. The summed E-state index contributed by atoms with van der Waals surface area (Å²) in [6.45, 7) is -0.102. The van der Waals surface area contributed by atoms with Gasteiger partial charge in [-0.25, -0.2) is 4.79 Å². The lowest BCUT2D eigenvalue weighted by Gasteiger charge is -2.18. The summed E-state index contributed by atoms with van der Waals surface area (Å²) in [5.74, 6) is -0.247. The van der Waals surface area contributed by atoms with E-state index >= 15 is 0 Å². The van der Waals surface area contributed by atoms with Crippen LogP contribution in [0.2, 0.25) is 5.02 Å². The van der Waals surface area contributed by atoms with Crippen molar-refractivity contribution in [2.24, 2.45) is 0 Å². The standard InChI is InChI=1S/C13H15ClN2O3/c1-19-12(18)15-8-11(17)16-13(5-6-13)9-3-2-4-10(14)7-9/h2-4,7H,5-6,8H2,1H3,(H,15,18)(H,16,17). The Morgan fingerprint density at radius 3 is 2.74 bits per heavy atom. The molecule has 0 heterocycles. The fourth-order valence-electron chi connectivity index (χ4n) is 1.93. The predicted octanol–water partition coefficient (Wildman–Crippen LogP) is 1.80. The Kier molecular flexibility index (Phi) is 3.95. The monoisotopic (exact) mass is 282 g/mol. The number of methoxy groups -OCH3 is 1. The van der Waals surface area contributed by atoms with Gasteiger partial charge in [0.25, 0.3) is 0 Å². The third-order valence-electron chi connectivity index (χ3n) is 3.08. The molecule has 5 nitrogen and oxygen atoms in total. The van der Waals surface area contributed by atoms with E-state index in [0.717, 1.165) is 18.4 Å². The molecular weight excluding hydrogens is 268 g/mol. The Labute approximate surface area is 116 Å². The number of carbonyl (C=O) groups is 2. The minimum absolute atomic E-state index is 0.102. The molecule has 6 heteroatoms. The van der Waals surface area contributed by atoms with E-state index < -0.39 is 6.09 Å². The third-order valence-corrected chi connectivity index (χ3v) is 3.32. The number of hydrogen-bond donors (Lipinski definition) is 2. The molecule has 1 aromatic carbocycles. The van der Waals surface area contributed by atoms with Crippen LogP contribution in [0.15, 0.2) is 24.3 Å². The zero-order chi connectivity index (χ0) is 13.9. The van der Waals surface area contributed by atoms with E-state index in [9.17, 15) is 9.59 Å². The summed E-state index contributed by atoms with van der Waals surface area (Å²) in [4.78, 5) is 22.6. The van der Waals surface area contributed by atoms with Gasteiger partial charge in [-0.3, -0.25) is 4.79 Å². The molecule has 0 atom stereocenters. The second-order valence-corrected chi connectivity index (χ2v) is 4.92. The van der Waals surface area contributed by atoms with Crippen LogP contribution in [0.3, 0.4) is 0 Å². The van der Waals surface area contributed by atoms with Crippen LogP contribution in [0.4, 0.5) is 4.79 Å². The summed E-state index contributed by atoms with van der Waals surface area (Å²) < 4.78 is 4.40. The lowest BCUT2D eigenvalue weighted by molar-refractivity contribution is -0.121. The number of benzene rings is 1. The van der Waals surface area contributed by atoms with Crippen molar-refractivity contribution in [2.45, 2.75) is 18.4 Å². The van der Waals surface area contributed by atoms with Crippen molar-refractivity contribution in [2.75, 3.05) is 13.7 Å². The van der Waals surface area contributed by atoms with Crippen LogP contribution in [-0.2, 0) is 15.1 Å². The van der Waals surface area contributed by atoms with Gasteiger partial charge in [0, 0.05) is 5.02 Å². The van der Waals surface area contributed by atoms with Gasteiger partial charge in [-0.15, -0.1) is 0 Å². The second-order valence-electron chi connectivity index (χ2n) is 4.49. The molecule has 1 aromatic rings. The number of hydrogen-bond acceptors (Lipinski definition) is 3.